The van der Waals surface area contributed by atoms with Gasteiger partial charge in [-0.1, -0.05) is 44.7 Å². The second-order valence-corrected chi connectivity index (χ2v) is 6.39. The van der Waals surface area contributed by atoms with Gasteiger partial charge in [-0.2, -0.15) is 0 Å². The Morgan fingerprint density at radius 2 is 1.81 bits per heavy atom. The minimum Gasteiger partial charge on any atom is -0.494 e. The molecule has 2 nitrogen and oxygen atoms in total. The summed E-state index contributed by atoms with van der Waals surface area (Å²) in [6, 6.07) is 8.62. The van der Waals surface area contributed by atoms with Gasteiger partial charge in [-0.05, 0) is 55.2 Å². The summed E-state index contributed by atoms with van der Waals surface area (Å²) in [5, 5.41) is 9.23. The van der Waals surface area contributed by atoms with E-state index in [1.165, 1.54) is 37.7 Å². The molecule has 0 aromatic heterocycles. The maximum atomic E-state index is 9.23. The van der Waals surface area contributed by atoms with Crippen molar-refractivity contribution in [3.05, 3.63) is 29.8 Å². The van der Waals surface area contributed by atoms with Gasteiger partial charge in [-0.25, -0.2) is 0 Å². The average molecular weight is 290 g/mol. The minimum atomic E-state index is 0.343. The molecule has 21 heavy (non-hydrogen) atoms. The second-order valence-electron chi connectivity index (χ2n) is 6.39. The molecule has 1 saturated carbocycles. The second kappa shape index (κ2) is 9.09. The molecular weight excluding hydrogens is 260 g/mol. The van der Waals surface area contributed by atoms with Crippen LogP contribution in [0.5, 0.6) is 5.75 Å². The van der Waals surface area contributed by atoms with Crippen molar-refractivity contribution in [1.29, 1.82) is 0 Å². The van der Waals surface area contributed by atoms with Crippen LogP contribution < -0.4 is 4.74 Å². The highest BCUT2D eigenvalue weighted by molar-refractivity contribution is 5.30. The highest BCUT2D eigenvalue weighted by Crippen LogP contribution is 2.38. The maximum Gasteiger partial charge on any atom is 0.119 e. The molecule has 1 aliphatic carbocycles. The Bertz CT molecular complexity index is 385. The number of benzene rings is 1. The zero-order chi connectivity index (χ0) is 14.9. The molecule has 1 N–H and O–H groups in total. The number of aliphatic hydroxyl groups excluding tert-OH is 1. The number of unbranched alkanes of at least 4 members (excludes halogenated alkanes) is 4. The van der Waals surface area contributed by atoms with Gasteiger partial charge in [-0.3, -0.25) is 0 Å². The van der Waals surface area contributed by atoms with Gasteiger partial charge in [0.2, 0.25) is 0 Å². The maximum absolute atomic E-state index is 9.23. The fourth-order valence-corrected chi connectivity index (χ4v) is 3.28. The van der Waals surface area contributed by atoms with Crippen molar-refractivity contribution in [1.82, 2.24) is 0 Å². The Balaban J connectivity index is 1.70. The number of hydrogen-bond acceptors (Lipinski definition) is 2. The van der Waals surface area contributed by atoms with Crippen LogP contribution in [0.3, 0.4) is 0 Å². The molecule has 2 atom stereocenters. The molecule has 0 radical (unpaired) electrons. The molecule has 1 fully saturated rings. The van der Waals surface area contributed by atoms with Crippen LogP contribution in [0.4, 0.5) is 0 Å². The normalized spacial score (nSPS) is 21.6. The zero-order valence-electron chi connectivity index (χ0n) is 13.4. The van der Waals surface area contributed by atoms with Crippen LogP contribution in [-0.2, 0) is 0 Å². The molecule has 2 rings (SSSR count). The first kappa shape index (κ1) is 16.4. The third kappa shape index (κ3) is 5.35. The van der Waals surface area contributed by atoms with E-state index in [1.54, 1.807) is 0 Å². The van der Waals surface area contributed by atoms with E-state index in [0.29, 0.717) is 18.4 Å². The number of hydrogen-bond donors (Lipinski definition) is 1. The van der Waals surface area contributed by atoms with Crippen molar-refractivity contribution in [3.63, 3.8) is 0 Å². The first-order valence-electron chi connectivity index (χ1n) is 8.67. The molecule has 0 amide bonds. The van der Waals surface area contributed by atoms with Crippen molar-refractivity contribution in [2.45, 2.75) is 64.2 Å². The Kier molecular flexibility index (Phi) is 7.08. The van der Waals surface area contributed by atoms with Gasteiger partial charge >= 0.3 is 0 Å². The van der Waals surface area contributed by atoms with Crippen LogP contribution in [0.25, 0.3) is 0 Å². The molecule has 0 aliphatic heterocycles. The number of aliphatic hydroxyl groups is 1. The van der Waals surface area contributed by atoms with Crippen LogP contribution in [0.2, 0.25) is 0 Å². The highest BCUT2D eigenvalue weighted by atomic mass is 16.5. The Hall–Kier alpha value is -1.02. The van der Waals surface area contributed by atoms with Crippen LogP contribution >= 0.6 is 0 Å². The summed E-state index contributed by atoms with van der Waals surface area (Å²) in [6.07, 6.45) is 9.89. The fraction of sp³-hybridized carbons (Fsp3) is 0.684. The lowest BCUT2D eigenvalue weighted by molar-refractivity contribution is 0.229. The van der Waals surface area contributed by atoms with E-state index >= 15 is 0 Å². The molecule has 0 saturated heterocycles. The lowest BCUT2D eigenvalue weighted by atomic mass is 9.96. The highest BCUT2D eigenvalue weighted by Gasteiger charge is 2.25. The number of rotatable bonds is 9. The third-order valence-electron chi connectivity index (χ3n) is 4.67. The van der Waals surface area contributed by atoms with Gasteiger partial charge in [0.1, 0.15) is 5.75 Å². The van der Waals surface area contributed by atoms with E-state index in [4.69, 9.17) is 4.74 Å². The van der Waals surface area contributed by atoms with Gasteiger partial charge < -0.3 is 9.84 Å². The fourth-order valence-electron chi connectivity index (χ4n) is 3.28. The quantitative estimate of drug-likeness (QED) is 0.655. The standard InChI is InChI=1S/C19H30O2/c1-2-3-4-5-6-13-21-19-11-9-17(10-12-19)18-8-7-16(14-18)15-20/h9-12,16,18,20H,2-8,13-15H2,1H3/t16-,18?/m0/s1. The summed E-state index contributed by atoms with van der Waals surface area (Å²) in [4.78, 5) is 0. The molecule has 2 heteroatoms. The Morgan fingerprint density at radius 1 is 1.05 bits per heavy atom. The molecule has 0 spiro atoms. The average Bonchev–Trinajstić information content (AvgIpc) is 3.00. The monoisotopic (exact) mass is 290 g/mol. The summed E-state index contributed by atoms with van der Waals surface area (Å²) in [5.41, 5.74) is 1.40. The van der Waals surface area contributed by atoms with E-state index in [1.807, 2.05) is 0 Å². The summed E-state index contributed by atoms with van der Waals surface area (Å²) in [5.74, 6) is 2.13. The topological polar surface area (TPSA) is 29.5 Å². The molecule has 1 aromatic carbocycles. The third-order valence-corrected chi connectivity index (χ3v) is 4.67. The predicted molar refractivity (Wildman–Crippen MR) is 87.9 cm³/mol. The summed E-state index contributed by atoms with van der Waals surface area (Å²) >= 11 is 0. The summed E-state index contributed by atoms with van der Waals surface area (Å²) in [7, 11) is 0. The molecule has 1 unspecified atom stereocenters. The van der Waals surface area contributed by atoms with Crippen LogP contribution in [0.1, 0.15) is 69.8 Å². The van der Waals surface area contributed by atoms with Gasteiger partial charge in [-0.15, -0.1) is 0 Å². The molecule has 0 bridgehead atoms. The van der Waals surface area contributed by atoms with Crippen molar-refractivity contribution in [3.8, 4) is 5.75 Å². The van der Waals surface area contributed by atoms with E-state index in [0.717, 1.165) is 31.6 Å². The van der Waals surface area contributed by atoms with Crippen molar-refractivity contribution in [2.75, 3.05) is 13.2 Å². The van der Waals surface area contributed by atoms with Crippen molar-refractivity contribution >= 4 is 0 Å². The van der Waals surface area contributed by atoms with Gasteiger partial charge in [0.25, 0.3) is 0 Å². The lowest BCUT2D eigenvalue weighted by Gasteiger charge is -2.12. The van der Waals surface area contributed by atoms with E-state index in [9.17, 15) is 5.11 Å². The van der Waals surface area contributed by atoms with Crippen molar-refractivity contribution in [2.24, 2.45) is 5.92 Å². The van der Waals surface area contributed by atoms with Crippen LogP contribution in [-0.4, -0.2) is 18.3 Å². The molecule has 1 aromatic rings. The molecule has 118 valence electrons. The lowest BCUT2D eigenvalue weighted by Crippen LogP contribution is -2.01. The van der Waals surface area contributed by atoms with Crippen LogP contribution in [0.15, 0.2) is 24.3 Å². The van der Waals surface area contributed by atoms with Crippen LogP contribution in [0, 0.1) is 5.92 Å². The predicted octanol–water partition coefficient (Wildman–Crippen LogP) is 4.91. The minimum absolute atomic E-state index is 0.343. The smallest absolute Gasteiger partial charge is 0.119 e. The Labute approximate surface area is 129 Å². The summed E-state index contributed by atoms with van der Waals surface area (Å²) < 4.78 is 5.81. The molecule has 1 aliphatic rings. The Morgan fingerprint density at radius 3 is 2.48 bits per heavy atom. The zero-order valence-corrected chi connectivity index (χ0v) is 13.4. The van der Waals surface area contributed by atoms with Crippen molar-refractivity contribution < 1.29 is 9.84 Å². The van der Waals surface area contributed by atoms with E-state index in [2.05, 4.69) is 31.2 Å². The number of ether oxygens (including phenoxy) is 1. The molecule has 0 heterocycles. The first-order chi connectivity index (χ1) is 10.3. The largest absolute Gasteiger partial charge is 0.494 e. The first-order valence-corrected chi connectivity index (χ1v) is 8.67. The van der Waals surface area contributed by atoms with E-state index in [-0.39, 0.29) is 0 Å². The molecular formula is C19H30O2. The van der Waals surface area contributed by atoms with Gasteiger partial charge in [0.05, 0.1) is 6.61 Å². The summed E-state index contributed by atoms with van der Waals surface area (Å²) in [6.45, 7) is 3.42. The SMILES string of the molecule is CCCCCCCOc1ccc(C2CC[C@H](CO)C2)cc1. The van der Waals surface area contributed by atoms with E-state index < -0.39 is 0 Å². The van der Waals surface area contributed by atoms with Gasteiger partial charge in [0, 0.05) is 6.61 Å². The van der Waals surface area contributed by atoms with Gasteiger partial charge in [0.15, 0.2) is 0 Å².